The van der Waals surface area contributed by atoms with Gasteiger partial charge in [0.25, 0.3) is 0 Å². The van der Waals surface area contributed by atoms with Gasteiger partial charge in [-0.3, -0.25) is 0 Å². The first-order chi connectivity index (χ1) is 10.2. The van der Waals surface area contributed by atoms with Crippen LogP contribution < -0.4 is 0 Å². The molecule has 0 unspecified atom stereocenters. The van der Waals surface area contributed by atoms with Gasteiger partial charge in [0.1, 0.15) is 0 Å². The van der Waals surface area contributed by atoms with Crippen LogP contribution in [0.1, 0.15) is 37.7 Å². The first kappa shape index (κ1) is 14.4. The molecule has 0 spiro atoms. The molecule has 4 heteroatoms. The minimum Gasteiger partial charge on any atom is -0.385 e. The summed E-state index contributed by atoms with van der Waals surface area (Å²) in [7, 11) is 0. The Morgan fingerprint density at radius 3 is 2.10 bits per heavy atom. The largest absolute Gasteiger partial charge is 0.385 e. The van der Waals surface area contributed by atoms with E-state index in [2.05, 4.69) is 0 Å². The van der Waals surface area contributed by atoms with Crippen LogP contribution in [0.25, 0.3) is 0 Å². The smallest absolute Gasteiger partial charge is 0.320 e. The van der Waals surface area contributed by atoms with Crippen LogP contribution in [0, 0.1) is 0 Å². The molecule has 2 amide bonds. The fourth-order valence-corrected chi connectivity index (χ4v) is 3.39. The third kappa shape index (κ3) is 3.05. The molecule has 4 nitrogen and oxygen atoms in total. The van der Waals surface area contributed by atoms with Crippen molar-refractivity contribution in [1.29, 1.82) is 0 Å². The van der Waals surface area contributed by atoms with Crippen molar-refractivity contribution in [1.82, 2.24) is 9.80 Å². The van der Waals surface area contributed by atoms with E-state index >= 15 is 0 Å². The average Bonchev–Trinajstić information content (AvgIpc) is 2.57. The van der Waals surface area contributed by atoms with E-state index in [1.165, 1.54) is 6.42 Å². The molecule has 0 aromatic heterocycles. The predicted molar refractivity (Wildman–Crippen MR) is 82.0 cm³/mol. The molecule has 2 heterocycles. The molecule has 1 N–H and O–H groups in total. The molecule has 21 heavy (non-hydrogen) atoms. The minimum absolute atomic E-state index is 0.157. The van der Waals surface area contributed by atoms with E-state index in [1.54, 1.807) is 0 Å². The number of aliphatic hydroxyl groups is 1. The van der Waals surface area contributed by atoms with Crippen molar-refractivity contribution < 1.29 is 9.90 Å². The third-order valence-corrected chi connectivity index (χ3v) is 4.80. The average molecular weight is 288 g/mol. The lowest BCUT2D eigenvalue weighted by Gasteiger charge is -2.41. The minimum atomic E-state index is -0.778. The third-order valence-electron chi connectivity index (χ3n) is 4.80. The van der Waals surface area contributed by atoms with Gasteiger partial charge in [-0.25, -0.2) is 4.79 Å². The quantitative estimate of drug-likeness (QED) is 0.863. The molecule has 0 aliphatic carbocycles. The second-order valence-electron chi connectivity index (χ2n) is 6.21. The highest BCUT2D eigenvalue weighted by atomic mass is 16.3. The van der Waals surface area contributed by atoms with Crippen molar-refractivity contribution in [3.05, 3.63) is 35.9 Å². The Labute approximate surface area is 126 Å². The van der Waals surface area contributed by atoms with Gasteiger partial charge >= 0.3 is 6.03 Å². The van der Waals surface area contributed by atoms with Crippen molar-refractivity contribution in [3.63, 3.8) is 0 Å². The zero-order valence-electron chi connectivity index (χ0n) is 12.5. The van der Waals surface area contributed by atoms with Crippen LogP contribution in [-0.2, 0) is 5.60 Å². The van der Waals surface area contributed by atoms with E-state index in [1.807, 2.05) is 40.1 Å². The van der Waals surface area contributed by atoms with Crippen molar-refractivity contribution >= 4 is 6.03 Å². The molecular formula is C17H24N2O2. The Bertz CT molecular complexity index is 475. The SMILES string of the molecule is O=C(N1CCCCC1)N1CCC(O)(c2ccccc2)CC1. The first-order valence-corrected chi connectivity index (χ1v) is 8.01. The molecule has 2 saturated heterocycles. The molecule has 1 aromatic carbocycles. The Morgan fingerprint density at radius 1 is 0.905 bits per heavy atom. The summed E-state index contributed by atoms with van der Waals surface area (Å²) >= 11 is 0. The zero-order valence-corrected chi connectivity index (χ0v) is 12.5. The molecule has 1 aromatic rings. The van der Waals surface area contributed by atoms with Crippen LogP contribution in [0.3, 0.4) is 0 Å². The zero-order chi connectivity index (χ0) is 14.7. The number of benzene rings is 1. The lowest BCUT2D eigenvalue weighted by atomic mass is 9.84. The standard InChI is InChI=1S/C17H24N2O2/c20-16(18-11-5-2-6-12-18)19-13-9-17(21,10-14-19)15-7-3-1-4-8-15/h1,3-4,7-8,21H,2,5-6,9-14H2. The molecule has 114 valence electrons. The number of urea groups is 1. The highest BCUT2D eigenvalue weighted by Crippen LogP contribution is 2.33. The van der Waals surface area contributed by atoms with Crippen LogP contribution in [-0.4, -0.2) is 47.1 Å². The molecule has 2 fully saturated rings. The van der Waals surface area contributed by atoms with Gasteiger partial charge in [-0.15, -0.1) is 0 Å². The van der Waals surface area contributed by atoms with Crippen LogP contribution in [0.4, 0.5) is 4.79 Å². The van der Waals surface area contributed by atoms with E-state index in [4.69, 9.17) is 0 Å². The van der Waals surface area contributed by atoms with Crippen LogP contribution >= 0.6 is 0 Å². The molecule has 3 rings (SSSR count). The summed E-state index contributed by atoms with van der Waals surface area (Å²) in [6.45, 7) is 3.05. The molecular weight excluding hydrogens is 264 g/mol. The fourth-order valence-electron chi connectivity index (χ4n) is 3.39. The maximum absolute atomic E-state index is 12.5. The number of hydrogen-bond acceptors (Lipinski definition) is 2. The van der Waals surface area contributed by atoms with Crippen LogP contribution in [0.5, 0.6) is 0 Å². The van der Waals surface area contributed by atoms with Gasteiger partial charge in [0.05, 0.1) is 5.60 Å². The van der Waals surface area contributed by atoms with Gasteiger partial charge in [0, 0.05) is 26.2 Å². The molecule has 0 bridgehead atoms. The maximum atomic E-state index is 12.5. The van der Waals surface area contributed by atoms with Gasteiger partial charge in [-0.05, 0) is 37.7 Å². The Morgan fingerprint density at radius 2 is 1.48 bits per heavy atom. The van der Waals surface area contributed by atoms with Crippen LogP contribution in [0.15, 0.2) is 30.3 Å². The second-order valence-corrected chi connectivity index (χ2v) is 6.21. The van der Waals surface area contributed by atoms with Gasteiger partial charge in [-0.2, -0.15) is 0 Å². The summed E-state index contributed by atoms with van der Waals surface area (Å²) in [6.07, 6.45) is 4.71. The van der Waals surface area contributed by atoms with Gasteiger partial charge in [-0.1, -0.05) is 30.3 Å². The summed E-state index contributed by atoms with van der Waals surface area (Å²) in [6, 6.07) is 9.98. The van der Waals surface area contributed by atoms with Gasteiger partial charge in [0.2, 0.25) is 0 Å². The van der Waals surface area contributed by atoms with E-state index in [0.29, 0.717) is 25.9 Å². The highest BCUT2D eigenvalue weighted by molar-refractivity contribution is 5.74. The number of likely N-dealkylation sites (tertiary alicyclic amines) is 2. The van der Waals surface area contributed by atoms with Gasteiger partial charge in [0.15, 0.2) is 0 Å². The number of hydrogen-bond donors (Lipinski definition) is 1. The number of carbonyl (C=O) groups excluding carboxylic acids is 1. The van der Waals surface area contributed by atoms with Gasteiger partial charge < -0.3 is 14.9 Å². The molecule has 2 aliphatic heterocycles. The molecule has 2 aliphatic rings. The number of nitrogens with zero attached hydrogens (tertiary/aromatic N) is 2. The number of amides is 2. The fraction of sp³-hybridized carbons (Fsp3) is 0.588. The van der Waals surface area contributed by atoms with E-state index in [0.717, 1.165) is 31.5 Å². The van der Waals surface area contributed by atoms with E-state index in [-0.39, 0.29) is 6.03 Å². The number of rotatable bonds is 1. The number of carbonyl (C=O) groups is 1. The lowest BCUT2D eigenvalue weighted by Crippen LogP contribution is -2.51. The van der Waals surface area contributed by atoms with Crippen molar-refractivity contribution in [2.75, 3.05) is 26.2 Å². The summed E-state index contributed by atoms with van der Waals surface area (Å²) in [4.78, 5) is 16.3. The molecule has 0 atom stereocenters. The topological polar surface area (TPSA) is 43.8 Å². The highest BCUT2D eigenvalue weighted by Gasteiger charge is 2.36. The van der Waals surface area contributed by atoms with Crippen molar-refractivity contribution in [2.45, 2.75) is 37.7 Å². The molecule has 0 radical (unpaired) electrons. The van der Waals surface area contributed by atoms with Crippen molar-refractivity contribution in [3.8, 4) is 0 Å². The second kappa shape index (κ2) is 6.06. The summed E-state index contributed by atoms with van der Waals surface area (Å²) in [5.74, 6) is 0. The Hall–Kier alpha value is -1.55. The van der Waals surface area contributed by atoms with E-state index in [9.17, 15) is 9.90 Å². The maximum Gasteiger partial charge on any atom is 0.320 e. The summed E-state index contributed by atoms with van der Waals surface area (Å²) in [5.41, 5.74) is 0.190. The Balaban J connectivity index is 1.61. The van der Waals surface area contributed by atoms with Crippen molar-refractivity contribution in [2.24, 2.45) is 0 Å². The normalized spacial score (nSPS) is 22.1. The number of piperidine rings is 2. The summed E-state index contributed by atoms with van der Waals surface area (Å²) in [5, 5.41) is 10.8. The van der Waals surface area contributed by atoms with Crippen LogP contribution in [0.2, 0.25) is 0 Å². The van der Waals surface area contributed by atoms with E-state index < -0.39 is 5.60 Å². The lowest BCUT2D eigenvalue weighted by molar-refractivity contribution is -0.0202. The molecule has 0 saturated carbocycles. The first-order valence-electron chi connectivity index (χ1n) is 8.01. The summed E-state index contributed by atoms with van der Waals surface area (Å²) < 4.78 is 0. The Kier molecular flexibility index (Phi) is 4.15. The predicted octanol–water partition coefficient (Wildman–Crippen LogP) is 2.58. The monoisotopic (exact) mass is 288 g/mol.